The van der Waals surface area contributed by atoms with Crippen LogP contribution in [-0.4, -0.2) is 60.7 Å². The van der Waals surface area contributed by atoms with Crippen LogP contribution in [0.2, 0.25) is 0 Å². The first-order valence-electron chi connectivity index (χ1n) is 13.2. The van der Waals surface area contributed by atoms with Gasteiger partial charge in [0.25, 0.3) is 10.0 Å². The molecule has 0 unspecified atom stereocenters. The Morgan fingerprint density at radius 1 is 1.17 bits per heavy atom. The number of anilines is 1. The highest BCUT2D eigenvalue weighted by Gasteiger charge is 2.38. The lowest BCUT2D eigenvalue weighted by Crippen LogP contribution is -2.37. The number of H-pyrrole nitrogens is 1. The Morgan fingerprint density at radius 3 is 2.40 bits per heavy atom. The quantitative estimate of drug-likeness (QED) is 0.233. The van der Waals surface area contributed by atoms with Crippen molar-refractivity contribution in [1.29, 1.82) is 0 Å². The van der Waals surface area contributed by atoms with Gasteiger partial charge in [0.2, 0.25) is 0 Å². The maximum absolute atomic E-state index is 13.1. The van der Waals surface area contributed by atoms with Gasteiger partial charge < -0.3 is 10.1 Å². The number of nitrogens with one attached hydrogen (secondary N) is 1. The van der Waals surface area contributed by atoms with Crippen molar-refractivity contribution in [3.8, 4) is 10.7 Å². The molecule has 0 saturated carbocycles. The summed E-state index contributed by atoms with van der Waals surface area (Å²) in [4.78, 5) is 20.8. The average molecular weight is 643 g/mol. The van der Waals surface area contributed by atoms with E-state index in [1.165, 1.54) is 33.4 Å². The number of para-hydroxylation sites is 1. The molecular weight excluding hydrogens is 610 g/mol. The van der Waals surface area contributed by atoms with Gasteiger partial charge in [-0.15, -0.1) is 22.7 Å². The summed E-state index contributed by atoms with van der Waals surface area (Å²) in [6.07, 6.45) is -0.598. The van der Waals surface area contributed by atoms with E-state index in [0.717, 1.165) is 47.2 Å². The van der Waals surface area contributed by atoms with Gasteiger partial charge in [-0.05, 0) is 60.8 Å². The number of hydrogen-bond acceptors (Lipinski definition) is 7. The molecule has 0 radical (unpaired) electrons. The van der Waals surface area contributed by atoms with Gasteiger partial charge in [0.1, 0.15) is 9.22 Å². The summed E-state index contributed by atoms with van der Waals surface area (Å²) in [6, 6.07) is 11.2. The third-order valence-electron chi connectivity index (χ3n) is 7.30. The first-order chi connectivity index (χ1) is 19.6. The number of aromatic amines is 1. The van der Waals surface area contributed by atoms with Crippen LogP contribution in [0.5, 0.6) is 0 Å². The van der Waals surface area contributed by atoms with Gasteiger partial charge in [0, 0.05) is 30.1 Å². The molecule has 42 heavy (non-hydrogen) atoms. The summed E-state index contributed by atoms with van der Waals surface area (Å²) in [7, 11) is -2.00. The third-order valence-corrected chi connectivity index (χ3v) is 11.5. The molecule has 1 aromatic carbocycles. The Balaban J connectivity index is 0.000000517. The lowest BCUT2D eigenvalue weighted by atomic mass is 9.75. The largest absolute Gasteiger partial charge is 0.490 e. The summed E-state index contributed by atoms with van der Waals surface area (Å²) in [5, 5.41) is 10.8. The molecule has 228 valence electrons. The molecule has 8 nitrogen and oxygen atoms in total. The van der Waals surface area contributed by atoms with Crippen molar-refractivity contribution in [3.05, 3.63) is 52.9 Å². The number of aromatic nitrogens is 2. The van der Waals surface area contributed by atoms with E-state index in [2.05, 4.69) is 36.7 Å². The van der Waals surface area contributed by atoms with E-state index < -0.39 is 22.2 Å². The second kappa shape index (κ2) is 12.3. The number of carboxylic acid groups (broad SMARTS) is 1. The van der Waals surface area contributed by atoms with Gasteiger partial charge in [-0.25, -0.2) is 18.2 Å². The number of rotatable bonds is 6. The van der Waals surface area contributed by atoms with E-state index in [1.807, 2.05) is 24.4 Å². The minimum atomic E-state index is -5.08. The first-order valence-corrected chi connectivity index (χ1v) is 16.3. The van der Waals surface area contributed by atoms with Gasteiger partial charge in [-0.3, -0.25) is 9.21 Å². The molecular formula is C28H33F3N4O4S3. The maximum atomic E-state index is 13.1. The number of alkyl halides is 3. The highest BCUT2D eigenvalue weighted by atomic mass is 32.2. The molecule has 4 heterocycles. The molecule has 0 atom stereocenters. The fraction of sp³-hybridized carbons (Fsp3) is 0.429. The number of carbonyl (C=O) groups is 1. The van der Waals surface area contributed by atoms with Crippen molar-refractivity contribution >= 4 is 55.3 Å². The normalized spacial score (nSPS) is 15.4. The highest BCUT2D eigenvalue weighted by molar-refractivity contribution is 7.94. The SMILES string of the molecule is CN(c1cccc2cc(-c3ncc(CN4CCC(C(C)(C)C)CC4)s3)[nH]c12)S(=O)(=O)c1cccs1.O=C(O)C(F)(F)F. The molecule has 1 fully saturated rings. The van der Waals surface area contributed by atoms with E-state index in [-0.39, 0.29) is 0 Å². The van der Waals surface area contributed by atoms with Gasteiger partial charge in [0.05, 0.1) is 16.9 Å². The number of fused-ring (bicyclic) bond motifs is 1. The molecule has 1 aliphatic rings. The Morgan fingerprint density at radius 2 is 1.83 bits per heavy atom. The lowest BCUT2D eigenvalue weighted by Gasteiger charge is -2.38. The first kappa shape index (κ1) is 32.0. The number of thiophene rings is 1. The standard InChI is InChI=1S/C26H32N4O2S3.C2HF3O2/c1-26(2,3)19-10-12-30(13-11-19)17-20-16-27-25(34-20)21-15-18-7-5-8-22(24(18)28-21)29(4)35(31,32)23-9-6-14-33-23;3-2(4,5)1(6)7/h5-9,14-16,19,28H,10-13,17H2,1-4H3;(H,6,7). The van der Waals surface area contributed by atoms with Crippen LogP contribution in [0.4, 0.5) is 18.9 Å². The fourth-order valence-electron chi connectivity index (χ4n) is 4.88. The lowest BCUT2D eigenvalue weighted by molar-refractivity contribution is -0.192. The van der Waals surface area contributed by atoms with Crippen molar-refractivity contribution in [2.24, 2.45) is 11.3 Å². The van der Waals surface area contributed by atoms with E-state index in [1.54, 1.807) is 35.9 Å². The van der Waals surface area contributed by atoms with Crippen LogP contribution in [0.3, 0.4) is 0 Å². The van der Waals surface area contributed by atoms with Crippen molar-refractivity contribution in [1.82, 2.24) is 14.9 Å². The third kappa shape index (κ3) is 7.33. The van der Waals surface area contributed by atoms with Crippen molar-refractivity contribution in [2.75, 3.05) is 24.4 Å². The van der Waals surface area contributed by atoms with Gasteiger partial charge in [0.15, 0.2) is 0 Å². The Kier molecular flexibility index (Phi) is 9.40. The number of aliphatic carboxylic acids is 1. The fourth-order valence-corrected chi connectivity index (χ4v) is 8.17. The summed E-state index contributed by atoms with van der Waals surface area (Å²) < 4.78 is 59.6. The number of likely N-dealkylation sites (tertiary alicyclic amines) is 1. The maximum Gasteiger partial charge on any atom is 0.490 e. The van der Waals surface area contributed by atoms with Crippen LogP contribution in [0.25, 0.3) is 21.6 Å². The molecule has 2 N–H and O–H groups in total. The van der Waals surface area contributed by atoms with Crippen molar-refractivity contribution in [2.45, 2.75) is 50.5 Å². The van der Waals surface area contributed by atoms with Crippen LogP contribution in [0.15, 0.2) is 52.2 Å². The zero-order valence-corrected chi connectivity index (χ0v) is 26.1. The number of hydrogen-bond donors (Lipinski definition) is 2. The van der Waals surface area contributed by atoms with E-state index in [9.17, 15) is 21.6 Å². The van der Waals surface area contributed by atoms with E-state index >= 15 is 0 Å². The Labute approximate surface area is 250 Å². The van der Waals surface area contributed by atoms with Gasteiger partial charge >= 0.3 is 12.1 Å². The molecule has 3 aromatic heterocycles. The zero-order valence-electron chi connectivity index (χ0n) is 23.6. The summed E-state index contributed by atoms with van der Waals surface area (Å²) in [6.45, 7) is 10.3. The minimum absolute atomic E-state index is 0.333. The molecule has 0 spiro atoms. The Bertz CT molecular complexity index is 1620. The zero-order chi connectivity index (χ0) is 30.9. The predicted molar refractivity (Wildman–Crippen MR) is 160 cm³/mol. The number of nitrogens with zero attached hydrogens (tertiary/aromatic N) is 3. The van der Waals surface area contributed by atoms with E-state index in [0.29, 0.717) is 15.3 Å². The number of carboxylic acids is 1. The predicted octanol–water partition coefficient (Wildman–Crippen LogP) is 7.07. The summed E-state index contributed by atoms with van der Waals surface area (Å²) in [5.74, 6) is -1.97. The second-order valence-electron chi connectivity index (χ2n) is 11.2. The van der Waals surface area contributed by atoms with Crippen LogP contribution in [-0.2, 0) is 21.4 Å². The number of sulfonamides is 1. The monoisotopic (exact) mass is 642 g/mol. The molecule has 1 aliphatic heterocycles. The Hall–Kier alpha value is -2.94. The van der Waals surface area contributed by atoms with Crippen molar-refractivity contribution in [3.63, 3.8) is 0 Å². The topological polar surface area (TPSA) is 107 Å². The second-order valence-corrected chi connectivity index (χ2v) is 15.4. The minimum Gasteiger partial charge on any atom is -0.475 e. The van der Waals surface area contributed by atoms with Crippen LogP contribution < -0.4 is 4.31 Å². The van der Waals surface area contributed by atoms with E-state index in [4.69, 9.17) is 14.9 Å². The molecule has 4 aromatic rings. The average Bonchev–Trinajstić information content (AvgIpc) is 3.68. The number of benzene rings is 1. The van der Waals surface area contributed by atoms with Gasteiger partial charge in [-0.1, -0.05) is 39.0 Å². The number of piperidine rings is 1. The number of thiazole rings is 1. The molecule has 5 rings (SSSR count). The molecule has 0 bridgehead atoms. The summed E-state index contributed by atoms with van der Waals surface area (Å²) in [5.41, 5.74) is 2.72. The van der Waals surface area contributed by atoms with Crippen molar-refractivity contribution < 1.29 is 31.5 Å². The smallest absolute Gasteiger partial charge is 0.475 e. The molecule has 0 amide bonds. The highest BCUT2D eigenvalue weighted by Crippen LogP contribution is 2.37. The van der Waals surface area contributed by atoms with Crippen LogP contribution in [0.1, 0.15) is 38.5 Å². The van der Waals surface area contributed by atoms with Crippen LogP contribution in [0, 0.1) is 11.3 Å². The molecule has 1 saturated heterocycles. The van der Waals surface area contributed by atoms with Crippen LogP contribution >= 0.6 is 22.7 Å². The summed E-state index contributed by atoms with van der Waals surface area (Å²) >= 11 is 2.93. The molecule has 14 heteroatoms. The molecule has 0 aliphatic carbocycles. The van der Waals surface area contributed by atoms with Gasteiger partial charge in [-0.2, -0.15) is 13.2 Å². The number of halogens is 3.